The van der Waals surface area contributed by atoms with Crippen LogP contribution in [0, 0.1) is 0 Å². The monoisotopic (exact) mass is 334 g/mol. The third-order valence-corrected chi connectivity index (χ3v) is 3.34. The van der Waals surface area contributed by atoms with Crippen LogP contribution in [0.4, 0.5) is 5.69 Å². The number of rotatable bonds is 2. The van der Waals surface area contributed by atoms with E-state index < -0.39 is 0 Å². The number of aromatic hydroxyl groups is 1. The van der Waals surface area contributed by atoms with E-state index in [1.54, 1.807) is 18.2 Å². The predicted octanol–water partition coefficient (Wildman–Crippen LogP) is 2.66. The van der Waals surface area contributed by atoms with Gasteiger partial charge in [0.2, 0.25) is 5.91 Å². The molecule has 0 unspecified atom stereocenters. The third-order valence-electron chi connectivity index (χ3n) is 2.84. The Hall–Kier alpha value is -0.780. The minimum absolute atomic E-state index is 0. The first-order chi connectivity index (χ1) is 8.16. The maximum Gasteiger partial charge on any atom is 0.241 e. The quantitative estimate of drug-likeness (QED) is 0.728. The average Bonchev–Trinajstić information content (AvgIpc) is 2.35. The van der Waals surface area contributed by atoms with E-state index in [1.807, 2.05) is 0 Å². The molecule has 0 bridgehead atoms. The lowest BCUT2D eigenvalue weighted by molar-refractivity contribution is -0.118. The van der Waals surface area contributed by atoms with Crippen LogP contribution in [0.3, 0.4) is 0 Å². The van der Waals surface area contributed by atoms with Crippen LogP contribution in [0.5, 0.6) is 5.75 Å². The van der Waals surface area contributed by atoms with Gasteiger partial charge >= 0.3 is 0 Å². The number of phenolic OH excluding ortho intramolecular Hbond substituents is 1. The van der Waals surface area contributed by atoms with Crippen molar-refractivity contribution in [2.45, 2.75) is 25.3 Å². The highest BCUT2D eigenvalue weighted by atomic mass is 79.9. The molecule has 0 spiro atoms. The summed E-state index contributed by atoms with van der Waals surface area (Å²) >= 11 is 3.30. The molecule has 18 heavy (non-hydrogen) atoms. The van der Waals surface area contributed by atoms with Crippen molar-refractivity contribution in [3.8, 4) is 5.75 Å². The number of anilines is 1. The molecule has 0 aliphatic carbocycles. The molecule has 0 aromatic heterocycles. The standard InChI is InChI=1S/C12H15BrN2O2.ClH/c13-8-4-5-11(16)10(7-8)15-12(17)9-3-1-2-6-14-9;/h4-5,7,9,14,16H,1-3,6H2,(H,15,17);1H/t9-;/m1./s1. The number of benzene rings is 1. The highest BCUT2D eigenvalue weighted by Gasteiger charge is 2.21. The molecule has 1 amide bonds. The van der Waals surface area contributed by atoms with Crippen LogP contribution >= 0.6 is 28.3 Å². The van der Waals surface area contributed by atoms with Crippen molar-refractivity contribution < 1.29 is 9.90 Å². The zero-order valence-electron chi connectivity index (χ0n) is 9.78. The molecule has 1 atom stereocenters. The summed E-state index contributed by atoms with van der Waals surface area (Å²) in [5.41, 5.74) is 0.441. The normalized spacial score (nSPS) is 18.8. The van der Waals surface area contributed by atoms with Crippen LogP contribution in [0.1, 0.15) is 19.3 Å². The first-order valence-corrected chi connectivity index (χ1v) is 6.49. The van der Waals surface area contributed by atoms with Crippen molar-refractivity contribution in [1.82, 2.24) is 5.32 Å². The molecule has 6 heteroatoms. The fourth-order valence-electron chi connectivity index (χ4n) is 1.90. The number of carbonyl (C=O) groups is 1. The van der Waals surface area contributed by atoms with Gasteiger partial charge in [-0.25, -0.2) is 0 Å². The molecule has 100 valence electrons. The molecular formula is C12H16BrClN2O2. The number of hydrogen-bond acceptors (Lipinski definition) is 3. The molecule has 2 rings (SSSR count). The lowest BCUT2D eigenvalue weighted by Gasteiger charge is -2.22. The number of halogens is 2. The number of hydrogen-bond donors (Lipinski definition) is 3. The van der Waals surface area contributed by atoms with Gasteiger partial charge in [-0.15, -0.1) is 12.4 Å². The lowest BCUT2D eigenvalue weighted by Crippen LogP contribution is -2.43. The Kier molecular flexibility index (Phi) is 5.91. The molecule has 0 radical (unpaired) electrons. The van der Waals surface area contributed by atoms with E-state index in [-0.39, 0.29) is 30.1 Å². The van der Waals surface area contributed by atoms with Crippen LogP contribution < -0.4 is 10.6 Å². The van der Waals surface area contributed by atoms with Gasteiger partial charge in [-0.05, 0) is 37.6 Å². The summed E-state index contributed by atoms with van der Waals surface area (Å²) in [4.78, 5) is 11.9. The van der Waals surface area contributed by atoms with Gasteiger partial charge in [-0.2, -0.15) is 0 Å². The number of nitrogens with one attached hydrogen (secondary N) is 2. The molecule has 4 nitrogen and oxygen atoms in total. The summed E-state index contributed by atoms with van der Waals surface area (Å²) in [6.07, 6.45) is 3.03. The zero-order valence-corrected chi connectivity index (χ0v) is 12.2. The van der Waals surface area contributed by atoms with Gasteiger partial charge in [0.15, 0.2) is 0 Å². The van der Waals surface area contributed by atoms with Crippen molar-refractivity contribution >= 4 is 39.9 Å². The molecule has 1 aliphatic rings. The fraction of sp³-hybridized carbons (Fsp3) is 0.417. The maximum absolute atomic E-state index is 11.9. The molecule has 1 aromatic rings. The van der Waals surface area contributed by atoms with Gasteiger partial charge in [-0.3, -0.25) is 4.79 Å². The summed E-state index contributed by atoms with van der Waals surface area (Å²) in [7, 11) is 0. The maximum atomic E-state index is 11.9. The Bertz CT molecular complexity index is 423. The molecule has 0 saturated carbocycles. The Labute approximate surface area is 121 Å². The van der Waals surface area contributed by atoms with E-state index in [9.17, 15) is 9.90 Å². The first kappa shape index (κ1) is 15.3. The van der Waals surface area contributed by atoms with Gasteiger partial charge in [0.05, 0.1) is 11.7 Å². The van der Waals surface area contributed by atoms with Crippen LogP contribution in [-0.4, -0.2) is 23.6 Å². The molecule has 1 aliphatic heterocycles. The molecule has 1 aromatic carbocycles. The first-order valence-electron chi connectivity index (χ1n) is 5.69. The summed E-state index contributed by atoms with van der Waals surface area (Å²) in [6.45, 7) is 0.878. The van der Waals surface area contributed by atoms with E-state index in [4.69, 9.17) is 0 Å². The van der Waals surface area contributed by atoms with Gasteiger partial charge in [-0.1, -0.05) is 22.4 Å². The molecular weight excluding hydrogens is 320 g/mol. The average molecular weight is 336 g/mol. The molecule has 1 heterocycles. The second-order valence-corrected chi connectivity index (χ2v) is 5.07. The van der Waals surface area contributed by atoms with Crippen molar-refractivity contribution in [2.75, 3.05) is 11.9 Å². The Morgan fingerprint density at radius 1 is 1.44 bits per heavy atom. The topological polar surface area (TPSA) is 61.4 Å². The van der Waals surface area contributed by atoms with Crippen LogP contribution in [-0.2, 0) is 4.79 Å². The van der Waals surface area contributed by atoms with E-state index in [2.05, 4.69) is 26.6 Å². The van der Waals surface area contributed by atoms with Gasteiger partial charge < -0.3 is 15.7 Å². The smallest absolute Gasteiger partial charge is 0.241 e. The highest BCUT2D eigenvalue weighted by molar-refractivity contribution is 9.10. The van der Waals surface area contributed by atoms with Gasteiger partial charge in [0.1, 0.15) is 5.75 Å². The zero-order chi connectivity index (χ0) is 12.3. The molecule has 1 fully saturated rings. The second-order valence-electron chi connectivity index (χ2n) is 4.15. The fourth-order valence-corrected chi connectivity index (χ4v) is 2.26. The number of phenols is 1. The number of carbonyl (C=O) groups excluding carboxylic acids is 1. The van der Waals surface area contributed by atoms with E-state index in [0.717, 1.165) is 30.3 Å². The number of amides is 1. The summed E-state index contributed by atoms with van der Waals surface area (Å²) in [5.74, 6) is -0.00420. The Morgan fingerprint density at radius 3 is 2.89 bits per heavy atom. The van der Waals surface area contributed by atoms with E-state index in [1.165, 1.54) is 0 Å². The van der Waals surface area contributed by atoms with Gasteiger partial charge in [0, 0.05) is 4.47 Å². The van der Waals surface area contributed by atoms with Crippen molar-refractivity contribution in [3.05, 3.63) is 22.7 Å². The molecule has 3 N–H and O–H groups in total. The van der Waals surface area contributed by atoms with Crippen LogP contribution in [0.25, 0.3) is 0 Å². The van der Waals surface area contributed by atoms with E-state index in [0.29, 0.717) is 5.69 Å². The van der Waals surface area contributed by atoms with Gasteiger partial charge in [0.25, 0.3) is 0 Å². The van der Waals surface area contributed by atoms with Crippen molar-refractivity contribution in [3.63, 3.8) is 0 Å². The molecule has 1 saturated heterocycles. The predicted molar refractivity (Wildman–Crippen MR) is 77.3 cm³/mol. The van der Waals surface area contributed by atoms with E-state index >= 15 is 0 Å². The largest absolute Gasteiger partial charge is 0.506 e. The third kappa shape index (κ3) is 3.86. The minimum atomic E-state index is -0.151. The second kappa shape index (κ2) is 6.97. The Morgan fingerprint density at radius 2 is 2.22 bits per heavy atom. The summed E-state index contributed by atoms with van der Waals surface area (Å²) < 4.78 is 0.821. The van der Waals surface area contributed by atoms with Crippen molar-refractivity contribution in [2.24, 2.45) is 0 Å². The highest BCUT2D eigenvalue weighted by Crippen LogP contribution is 2.27. The lowest BCUT2D eigenvalue weighted by atomic mass is 10.0. The summed E-state index contributed by atoms with van der Waals surface area (Å²) in [6, 6.07) is 4.82. The SMILES string of the molecule is Cl.O=C(Nc1cc(Br)ccc1O)[C@H]1CCCCN1. The van der Waals surface area contributed by atoms with Crippen LogP contribution in [0.2, 0.25) is 0 Å². The number of piperidine rings is 1. The van der Waals surface area contributed by atoms with Crippen molar-refractivity contribution in [1.29, 1.82) is 0 Å². The van der Waals surface area contributed by atoms with Crippen LogP contribution in [0.15, 0.2) is 22.7 Å². The minimum Gasteiger partial charge on any atom is -0.506 e. The summed E-state index contributed by atoms with van der Waals surface area (Å²) in [5, 5.41) is 15.5. The Balaban J connectivity index is 0.00000162.